The van der Waals surface area contributed by atoms with Crippen molar-refractivity contribution in [3.8, 4) is 11.5 Å². The highest BCUT2D eigenvalue weighted by atomic mass is 16.5. The van der Waals surface area contributed by atoms with Crippen molar-refractivity contribution < 1.29 is 19.1 Å². The minimum absolute atomic E-state index is 0.0907. The van der Waals surface area contributed by atoms with Gasteiger partial charge in [0.2, 0.25) is 0 Å². The zero-order chi connectivity index (χ0) is 29.8. The van der Waals surface area contributed by atoms with Crippen LogP contribution in [0.15, 0.2) is 109 Å². The van der Waals surface area contributed by atoms with E-state index in [-0.39, 0.29) is 18.4 Å². The van der Waals surface area contributed by atoms with Gasteiger partial charge in [-0.05, 0) is 72.3 Å². The van der Waals surface area contributed by atoms with Gasteiger partial charge >= 0.3 is 0 Å². The van der Waals surface area contributed by atoms with E-state index in [1.165, 1.54) is 5.56 Å². The Hall–Kier alpha value is -5.30. The van der Waals surface area contributed by atoms with Gasteiger partial charge in [0.15, 0.2) is 18.1 Å². The van der Waals surface area contributed by atoms with Gasteiger partial charge in [0, 0.05) is 22.4 Å². The quantitative estimate of drug-likeness (QED) is 0.191. The third kappa shape index (κ3) is 5.75. The fraction of sp³-hybridized carbons (Fsp3) is 0.167. The van der Waals surface area contributed by atoms with Crippen LogP contribution in [0.3, 0.4) is 0 Å². The average molecular weight is 572 g/mol. The molecule has 7 heteroatoms. The first-order valence-corrected chi connectivity index (χ1v) is 14.5. The molecule has 0 fully saturated rings. The number of nitrogens with one attached hydrogen (secondary N) is 2. The largest absolute Gasteiger partial charge is 0.490 e. The van der Waals surface area contributed by atoms with Crippen LogP contribution in [0, 0.1) is 0 Å². The SMILES string of the molecule is CCOc1cc([C@@H]2Nc3ccccc3C(=O)N2c2ccc(CC)cc2)ccc1OCC(=O)Nc1cccc2ccccc12. The van der Waals surface area contributed by atoms with E-state index in [0.29, 0.717) is 23.7 Å². The molecule has 2 amide bonds. The second-order valence-corrected chi connectivity index (χ2v) is 10.3. The average Bonchev–Trinajstić information content (AvgIpc) is 3.04. The van der Waals surface area contributed by atoms with Crippen molar-refractivity contribution in [3.05, 3.63) is 126 Å². The van der Waals surface area contributed by atoms with Crippen LogP contribution in [0.25, 0.3) is 10.8 Å². The molecule has 0 unspecified atom stereocenters. The highest BCUT2D eigenvalue weighted by molar-refractivity contribution is 6.12. The van der Waals surface area contributed by atoms with Crippen LogP contribution in [0.4, 0.5) is 17.1 Å². The van der Waals surface area contributed by atoms with Crippen LogP contribution < -0.4 is 25.0 Å². The van der Waals surface area contributed by atoms with E-state index >= 15 is 0 Å². The summed E-state index contributed by atoms with van der Waals surface area (Å²) in [5.41, 5.74) is 4.91. The van der Waals surface area contributed by atoms with Crippen LogP contribution >= 0.6 is 0 Å². The smallest absolute Gasteiger partial charge is 0.262 e. The molecule has 216 valence electrons. The molecule has 0 bridgehead atoms. The van der Waals surface area contributed by atoms with Crippen LogP contribution in [-0.2, 0) is 11.2 Å². The molecule has 1 atom stereocenters. The summed E-state index contributed by atoms with van der Waals surface area (Å²) in [7, 11) is 0. The summed E-state index contributed by atoms with van der Waals surface area (Å²) < 4.78 is 11.9. The van der Waals surface area contributed by atoms with Crippen LogP contribution in [0.1, 0.15) is 41.5 Å². The van der Waals surface area contributed by atoms with Crippen molar-refractivity contribution in [2.45, 2.75) is 26.4 Å². The fourth-order valence-electron chi connectivity index (χ4n) is 5.39. The summed E-state index contributed by atoms with van der Waals surface area (Å²) in [4.78, 5) is 28.5. The third-order valence-electron chi connectivity index (χ3n) is 7.56. The zero-order valence-corrected chi connectivity index (χ0v) is 24.2. The number of amides is 2. The van der Waals surface area contributed by atoms with Crippen molar-refractivity contribution in [2.24, 2.45) is 0 Å². The Bertz CT molecular complexity index is 1780. The third-order valence-corrected chi connectivity index (χ3v) is 7.56. The summed E-state index contributed by atoms with van der Waals surface area (Å²) in [6.07, 6.45) is 0.426. The first kappa shape index (κ1) is 27.8. The Balaban J connectivity index is 1.26. The van der Waals surface area contributed by atoms with Crippen LogP contribution in [0.2, 0.25) is 0 Å². The lowest BCUT2D eigenvalue weighted by Gasteiger charge is -2.38. The fourth-order valence-corrected chi connectivity index (χ4v) is 5.39. The Kier molecular flexibility index (Phi) is 7.96. The number of anilines is 3. The van der Waals surface area contributed by atoms with E-state index in [1.54, 1.807) is 11.0 Å². The predicted octanol–water partition coefficient (Wildman–Crippen LogP) is 7.59. The lowest BCUT2D eigenvalue weighted by atomic mass is 10.0. The van der Waals surface area contributed by atoms with E-state index in [9.17, 15) is 9.59 Å². The summed E-state index contributed by atoms with van der Waals surface area (Å²) in [5, 5.41) is 8.51. The number of carbonyl (C=O) groups is 2. The van der Waals surface area contributed by atoms with E-state index in [1.807, 2.05) is 110 Å². The Morgan fingerprint density at radius 2 is 1.60 bits per heavy atom. The number of nitrogens with zero attached hydrogens (tertiary/aromatic N) is 1. The van der Waals surface area contributed by atoms with E-state index < -0.39 is 6.17 Å². The second-order valence-electron chi connectivity index (χ2n) is 10.3. The lowest BCUT2D eigenvalue weighted by molar-refractivity contribution is -0.118. The van der Waals surface area contributed by atoms with Gasteiger partial charge in [0.1, 0.15) is 6.17 Å². The van der Waals surface area contributed by atoms with Gasteiger partial charge in [-0.1, -0.05) is 73.7 Å². The number of ether oxygens (including phenoxy) is 2. The van der Waals surface area contributed by atoms with Gasteiger partial charge in [-0.3, -0.25) is 14.5 Å². The number of rotatable bonds is 9. The number of aryl methyl sites for hydroxylation is 1. The van der Waals surface area contributed by atoms with Gasteiger partial charge in [0.05, 0.1) is 12.2 Å². The van der Waals surface area contributed by atoms with E-state index in [4.69, 9.17) is 9.47 Å². The highest BCUT2D eigenvalue weighted by Gasteiger charge is 2.34. The lowest BCUT2D eigenvalue weighted by Crippen LogP contribution is -2.43. The number of hydrogen-bond acceptors (Lipinski definition) is 5. The summed E-state index contributed by atoms with van der Waals surface area (Å²) in [6.45, 7) is 4.22. The van der Waals surface area contributed by atoms with Gasteiger partial charge in [-0.2, -0.15) is 0 Å². The topological polar surface area (TPSA) is 79.9 Å². The molecule has 0 saturated heterocycles. The molecular formula is C36H33N3O4. The molecule has 1 heterocycles. The maximum absolute atomic E-state index is 13.8. The van der Waals surface area contributed by atoms with Crippen molar-refractivity contribution in [1.82, 2.24) is 0 Å². The molecular weight excluding hydrogens is 538 g/mol. The molecule has 1 aliphatic heterocycles. The predicted molar refractivity (Wildman–Crippen MR) is 171 cm³/mol. The molecule has 2 N–H and O–H groups in total. The minimum Gasteiger partial charge on any atom is -0.490 e. The first-order chi connectivity index (χ1) is 21.1. The Morgan fingerprint density at radius 3 is 2.42 bits per heavy atom. The molecule has 7 nitrogen and oxygen atoms in total. The van der Waals surface area contributed by atoms with Gasteiger partial charge in [-0.25, -0.2) is 0 Å². The Labute approximate surface area is 251 Å². The number of fused-ring (bicyclic) bond motifs is 2. The Morgan fingerprint density at radius 1 is 0.837 bits per heavy atom. The number of para-hydroxylation sites is 1. The molecule has 1 aliphatic rings. The van der Waals surface area contributed by atoms with Gasteiger partial charge in [0.25, 0.3) is 11.8 Å². The molecule has 0 saturated carbocycles. The van der Waals surface area contributed by atoms with Crippen LogP contribution in [-0.4, -0.2) is 25.0 Å². The molecule has 0 aliphatic carbocycles. The number of benzene rings is 5. The van der Waals surface area contributed by atoms with Crippen molar-refractivity contribution >= 4 is 39.6 Å². The number of carbonyl (C=O) groups excluding carboxylic acids is 2. The maximum atomic E-state index is 13.8. The standard InChI is InChI=1S/C36H33N3O4/c1-3-24-16-19-27(20-17-24)39-35(38-31-14-8-7-13-29(31)36(39)41)26-18-21-32(33(22-26)42-4-2)43-23-34(40)37-30-15-9-11-25-10-5-6-12-28(25)30/h5-22,35,38H,3-4,23H2,1-2H3,(H,37,40)/t35-/m1/s1. The first-order valence-electron chi connectivity index (χ1n) is 14.5. The number of hydrogen-bond donors (Lipinski definition) is 2. The monoisotopic (exact) mass is 571 g/mol. The van der Waals surface area contributed by atoms with Crippen molar-refractivity contribution in [2.75, 3.05) is 28.7 Å². The zero-order valence-electron chi connectivity index (χ0n) is 24.2. The van der Waals surface area contributed by atoms with Gasteiger partial charge in [-0.15, -0.1) is 0 Å². The summed E-state index contributed by atoms with van der Waals surface area (Å²) >= 11 is 0. The normalized spacial score (nSPS) is 14.1. The minimum atomic E-state index is -0.488. The molecule has 0 aromatic heterocycles. The van der Waals surface area contributed by atoms with E-state index in [0.717, 1.165) is 39.8 Å². The molecule has 5 aromatic carbocycles. The molecule has 0 radical (unpaired) electrons. The summed E-state index contributed by atoms with van der Waals surface area (Å²) in [6, 6.07) is 34.8. The molecule has 6 rings (SSSR count). The summed E-state index contributed by atoms with van der Waals surface area (Å²) in [5.74, 6) is 0.570. The molecule has 5 aromatic rings. The molecule has 43 heavy (non-hydrogen) atoms. The van der Waals surface area contributed by atoms with Gasteiger partial charge < -0.3 is 20.1 Å². The second kappa shape index (κ2) is 12.3. The highest BCUT2D eigenvalue weighted by Crippen LogP contribution is 2.39. The molecule has 0 spiro atoms. The van der Waals surface area contributed by atoms with E-state index in [2.05, 4.69) is 17.6 Å². The maximum Gasteiger partial charge on any atom is 0.262 e. The van der Waals surface area contributed by atoms with Crippen molar-refractivity contribution in [1.29, 1.82) is 0 Å². The van der Waals surface area contributed by atoms with Crippen molar-refractivity contribution in [3.63, 3.8) is 0 Å². The van der Waals surface area contributed by atoms with Crippen LogP contribution in [0.5, 0.6) is 11.5 Å².